The second-order valence-corrected chi connectivity index (χ2v) is 4.95. The van der Waals surface area contributed by atoms with E-state index in [0.717, 1.165) is 18.7 Å². The zero-order valence-electron chi connectivity index (χ0n) is 10.7. The second kappa shape index (κ2) is 5.13. The maximum Gasteiger partial charge on any atom is 0.256 e. The Morgan fingerprint density at radius 1 is 1.37 bits per heavy atom. The van der Waals surface area contributed by atoms with Crippen molar-refractivity contribution in [3.8, 4) is 5.95 Å². The average molecular weight is 279 g/mol. The molecule has 3 rings (SSSR count). The highest BCUT2D eigenvalue weighted by Gasteiger charge is 2.26. The number of aromatic nitrogens is 5. The lowest BCUT2D eigenvalue weighted by Crippen LogP contribution is -2.10. The molecule has 1 fully saturated rings. The summed E-state index contributed by atoms with van der Waals surface area (Å²) in [5, 5.41) is 7.76. The van der Waals surface area contributed by atoms with Gasteiger partial charge in [0.25, 0.3) is 5.95 Å². The van der Waals surface area contributed by atoms with Crippen LogP contribution >= 0.6 is 11.6 Å². The smallest absolute Gasteiger partial charge is 0.256 e. The Balaban J connectivity index is 1.87. The molecule has 0 bridgehead atoms. The van der Waals surface area contributed by atoms with Gasteiger partial charge >= 0.3 is 0 Å². The lowest BCUT2D eigenvalue weighted by molar-refractivity contribution is 0.772. The molecule has 0 unspecified atom stereocenters. The SMILES string of the molecule is CCCNc1nc(Cl)nc(-n2ccc(C3CC3)n2)n1. The van der Waals surface area contributed by atoms with E-state index < -0.39 is 0 Å². The second-order valence-electron chi connectivity index (χ2n) is 4.61. The first-order valence-corrected chi connectivity index (χ1v) is 6.85. The van der Waals surface area contributed by atoms with Crippen LogP contribution < -0.4 is 5.32 Å². The fraction of sp³-hybridized carbons (Fsp3) is 0.500. The molecule has 0 atom stereocenters. The third-order valence-corrected chi connectivity index (χ3v) is 3.11. The van der Waals surface area contributed by atoms with Crippen LogP contribution in [0.25, 0.3) is 5.95 Å². The van der Waals surface area contributed by atoms with Gasteiger partial charge in [-0.3, -0.25) is 0 Å². The third-order valence-electron chi connectivity index (χ3n) is 2.94. The summed E-state index contributed by atoms with van der Waals surface area (Å²) in [4.78, 5) is 12.5. The fourth-order valence-corrected chi connectivity index (χ4v) is 1.96. The van der Waals surface area contributed by atoms with E-state index in [2.05, 4.69) is 32.3 Å². The van der Waals surface area contributed by atoms with Gasteiger partial charge in [-0.25, -0.2) is 4.68 Å². The van der Waals surface area contributed by atoms with Crippen LogP contribution in [0, 0.1) is 0 Å². The molecule has 1 saturated carbocycles. The molecule has 6 nitrogen and oxygen atoms in total. The first kappa shape index (κ1) is 12.3. The molecule has 0 aromatic carbocycles. The Morgan fingerprint density at radius 2 is 2.21 bits per heavy atom. The normalized spacial score (nSPS) is 14.6. The van der Waals surface area contributed by atoms with Crippen LogP contribution in [0.1, 0.15) is 37.8 Å². The standard InChI is InChI=1S/C12H15ClN6/c1-2-6-14-11-15-10(13)16-12(17-11)19-7-5-9(18-19)8-3-4-8/h5,7-8H,2-4,6H2,1H3,(H,14,15,16,17). The van der Waals surface area contributed by atoms with Crippen molar-refractivity contribution in [1.29, 1.82) is 0 Å². The van der Waals surface area contributed by atoms with Crippen LogP contribution in [0.5, 0.6) is 0 Å². The van der Waals surface area contributed by atoms with Crippen LogP contribution in [0.3, 0.4) is 0 Å². The number of halogens is 1. The van der Waals surface area contributed by atoms with Crippen LogP contribution in [-0.4, -0.2) is 31.3 Å². The Labute approximate surface area is 116 Å². The van der Waals surface area contributed by atoms with E-state index >= 15 is 0 Å². The number of hydrogen-bond acceptors (Lipinski definition) is 5. The van der Waals surface area contributed by atoms with Crippen molar-refractivity contribution in [3.05, 3.63) is 23.2 Å². The molecular weight excluding hydrogens is 264 g/mol. The van der Waals surface area contributed by atoms with Crippen LogP contribution in [0.4, 0.5) is 5.95 Å². The molecule has 19 heavy (non-hydrogen) atoms. The highest BCUT2D eigenvalue weighted by Crippen LogP contribution is 2.38. The summed E-state index contributed by atoms with van der Waals surface area (Å²) in [7, 11) is 0. The summed E-state index contributed by atoms with van der Waals surface area (Å²) in [5.74, 6) is 1.54. The van der Waals surface area contributed by atoms with Crippen molar-refractivity contribution >= 4 is 17.5 Å². The molecule has 2 aromatic rings. The van der Waals surface area contributed by atoms with E-state index in [1.165, 1.54) is 12.8 Å². The lowest BCUT2D eigenvalue weighted by atomic mass is 10.3. The molecule has 1 aliphatic rings. The van der Waals surface area contributed by atoms with Crippen molar-refractivity contribution in [1.82, 2.24) is 24.7 Å². The summed E-state index contributed by atoms with van der Waals surface area (Å²) in [6.45, 7) is 2.87. The van der Waals surface area contributed by atoms with Gasteiger partial charge in [-0.15, -0.1) is 0 Å². The maximum absolute atomic E-state index is 5.92. The number of nitrogens with zero attached hydrogens (tertiary/aromatic N) is 5. The van der Waals surface area contributed by atoms with Gasteiger partial charge in [0.15, 0.2) is 0 Å². The summed E-state index contributed by atoms with van der Waals surface area (Å²) in [5.41, 5.74) is 1.10. The molecule has 0 spiro atoms. The summed E-state index contributed by atoms with van der Waals surface area (Å²) in [6.07, 6.45) is 5.30. The monoisotopic (exact) mass is 278 g/mol. The fourth-order valence-electron chi connectivity index (χ4n) is 1.80. The zero-order chi connectivity index (χ0) is 13.2. The number of anilines is 1. The topological polar surface area (TPSA) is 68.5 Å². The molecule has 0 amide bonds. The highest BCUT2D eigenvalue weighted by molar-refractivity contribution is 6.28. The zero-order valence-corrected chi connectivity index (χ0v) is 11.4. The van der Waals surface area contributed by atoms with Gasteiger partial charge in [0.05, 0.1) is 5.69 Å². The van der Waals surface area contributed by atoms with E-state index in [-0.39, 0.29) is 5.28 Å². The molecule has 0 aliphatic heterocycles. The van der Waals surface area contributed by atoms with Crippen molar-refractivity contribution < 1.29 is 0 Å². The average Bonchev–Trinajstić information content (AvgIpc) is 3.13. The third kappa shape index (κ3) is 2.84. The molecule has 2 aromatic heterocycles. The first-order chi connectivity index (χ1) is 9.26. The van der Waals surface area contributed by atoms with Gasteiger partial charge in [0, 0.05) is 18.7 Å². The molecule has 1 N–H and O–H groups in total. The van der Waals surface area contributed by atoms with E-state index in [0.29, 0.717) is 17.8 Å². The van der Waals surface area contributed by atoms with Crippen LogP contribution in [-0.2, 0) is 0 Å². The van der Waals surface area contributed by atoms with Gasteiger partial charge in [0.1, 0.15) is 0 Å². The Kier molecular flexibility index (Phi) is 3.33. The van der Waals surface area contributed by atoms with Crippen LogP contribution in [0.2, 0.25) is 5.28 Å². The lowest BCUT2D eigenvalue weighted by Gasteiger charge is -2.05. The van der Waals surface area contributed by atoms with Gasteiger partial charge < -0.3 is 5.32 Å². The Hall–Kier alpha value is -1.69. The van der Waals surface area contributed by atoms with E-state index in [9.17, 15) is 0 Å². The van der Waals surface area contributed by atoms with E-state index in [4.69, 9.17) is 11.6 Å². The Morgan fingerprint density at radius 3 is 2.95 bits per heavy atom. The van der Waals surface area contributed by atoms with Crippen molar-refractivity contribution in [2.24, 2.45) is 0 Å². The maximum atomic E-state index is 5.92. The minimum atomic E-state index is 0.173. The molecule has 0 saturated heterocycles. The van der Waals surface area contributed by atoms with Gasteiger partial charge in [0.2, 0.25) is 11.2 Å². The number of hydrogen-bond donors (Lipinski definition) is 1. The van der Waals surface area contributed by atoms with E-state index in [1.807, 2.05) is 12.3 Å². The summed E-state index contributed by atoms with van der Waals surface area (Å²) >= 11 is 5.92. The van der Waals surface area contributed by atoms with Crippen molar-refractivity contribution in [2.75, 3.05) is 11.9 Å². The number of rotatable bonds is 5. The van der Waals surface area contributed by atoms with Crippen molar-refractivity contribution in [3.63, 3.8) is 0 Å². The minimum absolute atomic E-state index is 0.173. The molecule has 0 radical (unpaired) electrons. The van der Waals surface area contributed by atoms with E-state index in [1.54, 1.807) is 4.68 Å². The molecule has 2 heterocycles. The van der Waals surface area contributed by atoms with Crippen LogP contribution in [0.15, 0.2) is 12.3 Å². The van der Waals surface area contributed by atoms with Crippen molar-refractivity contribution in [2.45, 2.75) is 32.1 Å². The van der Waals surface area contributed by atoms with Gasteiger partial charge in [-0.1, -0.05) is 6.92 Å². The molecule has 7 heteroatoms. The molecule has 1 aliphatic carbocycles. The predicted octanol–water partition coefficient (Wildman–Crippen LogP) is 2.41. The molecular formula is C12H15ClN6. The predicted molar refractivity (Wildman–Crippen MR) is 72.7 cm³/mol. The minimum Gasteiger partial charge on any atom is -0.354 e. The first-order valence-electron chi connectivity index (χ1n) is 6.47. The largest absolute Gasteiger partial charge is 0.354 e. The molecule has 100 valence electrons. The van der Waals surface area contributed by atoms with Gasteiger partial charge in [-0.2, -0.15) is 20.1 Å². The van der Waals surface area contributed by atoms with Gasteiger partial charge in [-0.05, 0) is 36.9 Å². The number of nitrogens with one attached hydrogen (secondary N) is 1. The summed E-state index contributed by atoms with van der Waals surface area (Å²) < 4.78 is 1.65. The Bertz CT molecular complexity index is 577. The quantitative estimate of drug-likeness (QED) is 0.910. The summed E-state index contributed by atoms with van der Waals surface area (Å²) in [6, 6.07) is 2.01. The highest BCUT2D eigenvalue weighted by atomic mass is 35.5.